The Balaban J connectivity index is 1.64. The first-order valence-electron chi connectivity index (χ1n) is 11.1. The Kier molecular flexibility index (Phi) is 6.62. The molecule has 8 nitrogen and oxygen atoms in total. The van der Waals surface area contributed by atoms with Gasteiger partial charge in [0.1, 0.15) is 11.5 Å². The monoisotopic (exact) mass is 454 g/mol. The second-order valence-corrected chi connectivity index (χ2v) is 8.74. The number of nitrogens with one attached hydrogen (secondary N) is 1. The van der Waals surface area contributed by atoms with E-state index >= 15 is 0 Å². The fourth-order valence-electron chi connectivity index (χ4n) is 4.33. The molecule has 2 aromatic carbocycles. The van der Waals surface area contributed by atoms with Gasteiger partial charge in [-0.15, -0.1) is 0 Å². The maximum Gasteiger partial charge on any atom is 0.254 e. The Hall–Kier alpha value is -3.42. The third-order valence-electron chi connectivity index (χ3n) is 6.08. The van der Waals surface area contributed by atoms with Crippen molar-refractivity contribution in [2.75, 3.05) is 40.6 Å². The molecule has 1 saturated heterocycles. The molecule has 0 unspecified atom stereocenters. The molecule has 33 heavy (non-hydrogen) atoms. The first-order valence-corrected chi connectivity index (χ1v) is 11.1. The third-order valence-corrected chi connectivity index (χ3v) is 6.08. The number of hydrogen-bond acceptors (Lipinski definition) is 6. The molecule has 8 heteroatoms. The summed E-state index contributed by atoms with van der Waals surface area (Å²) < 4.78 is 21.8. The fourth-order valence-corrected chi connectivity index (χ4v) is 4.33. The van der Waals surface area contributed by atoms with Gasteiger partial charge in [-0.2, -0.15) is 0 Å². The number of fused-ring (bicyclic) bond motifs is 1. The zero-order chi connectivity index (χ0) is 23.5. The van der Waals surface area contributed by atoms with Crippen molar-refractivity contribution in [3.8, 4) is 23.0 Å². The van der Waals surface area contributed by atoms with E-state index in [9.17, 15) is 9.59 Å². The molecular formula is C25H30N2O6. The van der Waals surface area contributed by atoms with E-state index in [1.165, 1.54) is 0 Å². The molecule has 0 radical (unpaired) electrons. The van der Waals surface area contributed by atoms with E-state index in [2.05, 4.69) is 5.32 Å². The molecule has 176 valence electrons. The summed E-state index contributed by atoms with van der Waals surface area (Å²) in [6, 6.07) is 10.7. The predicted molar refractivity (Wildman–Crippen MR) is 122 cm³/mol. The van der Waals surface area contributed by atoms with Gasteiger partial charge in [0.2, 0.25) is 12.7 Å². The molecule has 2 heterocycles. The standard InChI is InChI=1S/C25H30N2O6/c1-15(2)11-26-24(28)20-13-27(25(29)16-5-7-22-23(9-16)33-14-32-22)12-19(20)18-10-17(30-3)6-8-21(18)31-4/h5-10,15,19-20H,11-14H2,1-4H3,(H,26,28)/t19-,20+/m1/s1. The fraction of sp³-hybridized carbons (Fsp3) is 0.440. The number of hydrogen-bond donors (Lipinski definition) is 1. The van der Waals surface area contributed by atoms with E-state index in [1.54, 1.807) is 37.3 Å². The number of ether oxygens (including phenoxy) is 4. The summed E-state index contributed by atoms with van der Waals surface area (Å²) in [6.45, 7) is 5.51. The van der Waals surface area contributed by atoms with Crippen LogP contribution in [0.3, 0.4) is 0 Å². The van der Waals surface area contributed by atoms with Gasteiger partial charge < -0.3 is 29.2 Å². The summed E-state index contributed by atoms with van der Waals surface area (Å²) in [7, 11) is 3.20. The topological polar surface area (TPSA) is 86.3 Å². The van der Waals surface area contributed by atoms with Crippen LogP contribution >= 0.6 is 0 Å². The minimum absolute atomic E-state index is 0.0699. The summed E-state index contributed by atoms with van der Waals surface area (Å²) in [5.41, 5.74) is 1.35. The molecular weight excluding hydrogens is 424 g/mol. The number of rotatable bonds is 7. The van der Waals surface area contributed by atoms with Gasteiger partial charge in [0.05, 0.1) is 20.1 Å². The lowest BCUT2D eigenvalue weighted by molar-refractivity contribution is -0.125. The summed E-state index contributed by atoms with van der Waals surface area (Å²) in [4.78, 5) is 28.3. The highest BCUT2D eigenvalue weighted by molar-refractivity contribution is 5.96. The van der Waals surface area contributed by atoms with Gasteiger partial charge in [-0.25, -0.2) is 0 Å². The van der Waals surface area contributed by atoms with Gasteiger partial charge in [-0.05, 0) is 42.3 Å². The molecule has 2 aromatic rings. The summed E-state index contributed by atoms with van der Waals surface area (Å²) >= 11 is 0. The number of carbonyl (C=O) groups excluding carboxylic acids is 2. The number of likely N-dealkylation sites (tertiary alicyclic amines) is 1. The van der Waals surface area contributed by atoms with Crippen LogP contribution in [0.4, 0.5) is 0 Å². The molecule has 0 spiro atoms. The van der Waals surface area contributed by atoms with E-state index in [-0.39, 0.29) is 24.5 Å². The summed E-state index contributed by atoms with van der Waals surface area (Å²) in [5.74, 6) is 1.97. The molecule has 1 fully saturated rings. The quantitative estimate of drug-likeness (QED) is 0.692. The highest BCUT2D eigenvalue weighted by Crippen LogP contribution is 2.40. The minimum Gasteiger partial charge on any atom is -0.497 e. The van der Waals surface area contributed by atoms with E-state index in [0.717, 1.165) is 5.56 Å². The predicted octanol–water partition coefficient (Wildman–Crippen LogP) is 3.06. The van der Waals surface area contributed by atoms with Crippen LogP contribution in [0.5, 0.6) is 23.0 Å². The van der Waals surface area contributed by atoms with E-state index in [0.29, 0.717) is 54.1 Å². The second-order valence-electron chi connectivity index (χ2n) is 8.74. The maximum absolute atomic E-state index is 13.4. The molecule has 4 rings (SSSR count). The SMILES string of the molecule is COc1ccc(OC)c([C@H]2CN(C(=O)c3ccc4c(c3)OCO4)C[C@@H]2C(=O)NCC(C)C)c1. The lowest BCUT2D eigenvalue weighted by Gasteiger charge is -2.21. The van der Waals surface area contributed by atoms with E-state index < -0.39 is 5.92 Å². The van der Waals surface area contributed by atoms with Crippen LogP contribution in [0.2, 0.25) is 0 Å². The van der Waals surface area contributed by atoms with Crippen molar-refractivity contribution in [1.82, 2.24) is 10.2 Å². The molecule has 2 amide bonds. The molecule has 2 aliphatic heterocycles. The van der Waals surface area contributed by atoms with Gasteiger partial charge in [0.25, 0.3) is 5.91 Å². The van der Waals surface area contributed by atoms with Gasteiger partial charge in [0, 0.05) is 36.7 Å². The molecule has 0 aromatic heterocycles. The average molecular weight is 455 g/mol. The van der Waals surface area contributed by atoms with Crippen LogP contribution in [0.15, 0.2) is 36.4 Å². The summed E-state index contributed by atoms with van der Waals surface area (Å²) in [5, 5.41) is 3.04. The van der Waals surface area contributed by atoms with Crippen molar-refractivity contribution < 1.29 is 28.5 Å². The van der Waals surface area contributed by atoms with Crippen LogP contribution in [-0.4, -0.2) is 57.4 Å². The lowest BCUT2D eigenvalue weighted by Crippen LogP contribution is -2.37. The zero-order valence-electron chi connectivity index (χ0n) is 19.4. The van der Waals surface area contributed by atoms with Gasteiger partial charge in [0.15, 0.2) is 11.5 Å². The van der Waals surface area contributed by atoms with Crippen molar-refractivity contribution in [2.45, 2.75) is 19.8 Å². The van der Waals surface area contributed by atoms with Crippen molar-refractivity contribution in [3.05, 3.63) is 47.5 Å². The van der Waals surface area contributed by atoms with E-state index in [1.807, 2.05) is 32.0 Å². The molecule has 2 aliphatic rings. The third kappa shape index (κ3) is 4.69. The van der Waals surface area contributed by atoms with Crippen molar-refractivity contribution in [3.63, 3.8) is 0 Å². The number of benzene rings is 2. The Labute approximate surface area is 193 Å². The number of nitrogens with zero attached hydrogens (tertiary/aromatic N) is 1. The van der Waals surface area contributed by atoms with Crippen LogP contribution < -0.4 is 24.3 Å². The lowest BCUT2D eigenvalue weighted by atomic mass is 9.87. The van der Waals surface area contributed by atoms with Gasteiger partial charge >= 0.3 is 0 Å². The van der Waals surface area contributed by atoms with Gasteiger partial charge in [-0.3, -0.25) is 9.59 Å². The van der Waals surface area contributed by atoms with Crippen LogP contribution in [0, 0.1) is 11.8 Å². The molecule has 0 bridgehead atoms. The van der Waals surface area contributed by atoms with Crippen LogP contribution in [0.25, 0.3) is 0 Å². The number of carbonyl (C=O) groups is 2. The number of amides is 2. The Bertz CT molecular complexity index is 1040. The zero-order valence-corrected chi connectivity index (χ0v) is 19.4. The van der Waals surface area contributed by atoms with Crippen LogP contribution in [0.1, 0.15) is 35.7 Å². The first kappa shape index (κ1) is 22.8. The molecule has 2 atom stereocenters. The highest BCUT2D eigenvalue weighted by Gasteiger charge is 2.42. The second kappa shape index (κ2) is 9.60. The highest BCUT2D eigenvalue weighted by atomic mass is 16.7. The Morgan fingerprint density at radius 2 is 1.85 bits per heavy atom. The first-order chi connectivity index (χ1) is 15.9. The average Bonchev–Trinajstić information content (AvgIpc) is 3.48. The smallest absolute Gasteiger partial charge is 0.254 e. The Morgan fingerprint density at radius 1 is 1.06 bits per heavy atom. The van der Waals surface area contributed by atoms with Crippen molar-refractivity contribution in [1.29, 1.82) is 0 Å². The summed E-state index contributed by atoms with van der Waals surface area (Å²) in [6.07, 6.45) is 0. The van der Waals surface area contributed by atoms with Gasteiger partial charge in [-0.1, -0.05) is 13.8 Å². The minimum atomic E-state index is -0.414. The van der Waals surface area contributed by atoms with Crippen molar-refractivity contribution >= 4 is 11.8 Å². The molecule has 1 N–H and O–H groups in total. The maximum atomic E-state index is 13.4. The van der Waals surface area contributed by atoms with Crippen LogP contribution in [-0.2, 0) is 4.79 Å². The molecule has 0 aliphatic carbocycles. The Morgan fingerprint density at radius 3 is 2.58 bits per heavy atom. The molecule has 0 saturated carbocycles. The number of methoxy groups -OCH3 is 2. The largest absolute Gasteiger partial charge is 0.497 e. The van der Waals surface area contributed by atoms with E-state index in [4.69, 9.17) is 18.9 Å². The normalized spacial score (nSPS) is 19.0. The van der Waals surface area contributed by atoms with Crippen molar-refractivity contribution in [2.24, 2.45) is 11.8 Å².